The van der Waals surface area contributed by atoms with Gasteiger partial charge in [-0.05, 0) is 95.7 Å². The summed E-state index contributed by atoms with van der Waals surface area (Å²) < 4.78 is 70.3. The van der Waals surface area contributed by atoms with Crippen molar-refractivity contribution in [2.24, 2.45) is 0 Å². The molecule has 0 atom stereocenters. The minimum atomic E-state index is -3.87. The van der Waals surface area contributed by atoms with Gasteiger partial charge in [-0.15, -0.1) is 22.7 Å². The molecule has 0 unspecified atom stereocenters. The Labute approximate surface area is 341 Å². The molecule has 0 fully saturated rings. The molecule has 6 aromatic rings. The van der Waals surface area contributed by atoms with E-state index >= 15 is 0 Å². The van der Waals surface area contributed by atoms with Crippen LogP contribution in [-0.2, 0) is 20.0 Å². The number of ether oxygens (including phenoxy) is 3. The van der Waals surface area contributed by atoms with Gasteiger partial charge in [0, 0.05) is 11.4 Å². The van der Waals surface area contributed by atoms with E-state index in [-0.39, 0.29) is 30.9 Å². The van der Waals surface area contributed by atoms with E-state index in [0.29, 0.717) is 38.7 Å². The lowest BCUT2D eigenvalue weighted by atomic mass is 10.3. The molecule has 2 amide bonds. The first-order chi connectivity index (χ1) is 26.7. The summed E-state index contributed by atoms with van der Waals surface area (Å²) in [5.74, 6) is 0.596. The van der Waals surface area contributed by atoms with Crippen molar-refractivity contribution in [3.05, 3.63) is 134 Å². The third kappa shape index (κ3) is 10.5. The predicted molar refractivity (Wildman–Crippen MR) is 222 cm³/mol. The molecular weight excluding hydrogens is 844 g/mol. The van der Waals surface area contributed by atoms with Gasteiger partial charge in [0.25, 0.3) is 31.9 Å². The van der Waals surface area contributed by atoms with Gasteiger partial charge in [0.2, 0.25) is 0 Å². The van der Waals surface area contributed by atoms with Crippen molar-refractivity contribution in [1.82, 2.24) is 0 Å². The summed E-state index contributed by atoms with van der Waals surface area (Å²) in [7, 11) is -3.18. The normalized spacial score (nSPS) is 11.0. The van der Waals surface area contributed by atoms with Gasteiger partial charge in [0.1, 0.15) is 27.0 Å². The second kappa shape index (κ2) is 18.6. The van der Waals surface area contributed by atoms with Crippen LogP contribution < -0.4 is 34.3 Å². The first-order valence-electron chi connectivity index (χ1n) is 15.9. The molecule has 0 saturated heterocycles. The average molecular weight is 876 g/mol. The largest absolute Gasteiger partial charge is 0.497 e. The molecule has 4 N–H and O–H groups in total. The first kappa shape index (κ1) is 41.9. The minimum Gasteiger partial charge on any atom is -0.497 e. The van der Waals surface area contributed by atoms with Gasteiger partial charge in [0.15, 0.2) is 0 Å². The zero-order chi connectivity index (χ0) is 40.5. The van der Waals surface area contributed by atoms with Crippen LogP contribution in [0.2, 0.25) is 10.0 Å². The Bertz CT molecular complexity index is 2550. The second-order valence-electron chi connectivity index (χ2n) is 11.1. The highest BCUT2D eigenvalue weighted by atomic mass is 35.5. The molecule has 0 spiro atoms. The van der Waals surface area contributed by atoms with E-state index < -0.39 is 31.9 Å². The summed E-state index contributed by atoms with van der Waals surface area (Å²) in [4.78, 5) is 25.8. The zero-order valence-electron chi connectivity index (χ0n) is 29.5. The average Bonchev–Trinajstić information content (AvgIpc) is 3.85. The van der Waals surface area contributed by atoms with Crippen molar-refractivity contribution in [1.29, 1.82) is 0 Å². The van der Waals surface area contributed by atoms with Crippen LogP contribution in [0, 0.1) is 0 Å². The van der Waals surface area contributed by atoms with E-state index in [0.717, 1.165) is 22.7 Å². The van der Waals surface area contributed by atoms with Crippen molar-refractivity contribution in [2.45, 2.75) is 9.79 Å². The van der Waals surface area contributed by atoms with Crippen LogP contribution in [0.25, 0.3) is 0 Å². The fourth-order valence-corrected chi connectivity index (χ4v) is 9.05. The molecule has 0 aliphatic heterocycles. The Morgan fingerprint density at radius 3 is 1.38 bits per heavy atom. The van der Waals surface area contributed by atoms with E-state index in [1.165, 1.54) is 51.7 Å². The van der Waals surface area contributed by atoms with Gasteiger partial charge in [-0.1, -0.05) is 41.4 Å². The molecule has 0 bridgehead atoms. The Balaban J connectivity index is 0.000000215. The number of amides is 2. The van der Waals surface area contributed by atoms with Crippen LogP contribution >= 0.6 is 45.9 Å². The number of sulfonamides is 2. The molecule has 4 aromatic carbocycles. The lowest BCUT2D eigenvalue weighted by molar-refractivity contribution is 0.102. The fraction of sp³-hybridized carbons (Fsp3) is 0.0811. The Morgan fingerprint density at radius 2 is 0.982 bits per heavy atom. The molecule has 56 heavy (non-hydrogen) atoms. The number of carbonyl (C=O) groups excluding carboxylic acids is 2. The Hall–Kier alpha value is -5.30. The molecule has 292 valence electrons. The van der Waals surface area contributed by atoms with Crippen molar-refractivity contribution < 1.29 is 40.6 Å². The van der Waals surface area contributed by atoms with E-state index in [9.17, 15) is 26.4 Å². The lowest BCUT2D eigenvalue weighted by Crippen LogP contribution is -2.17. The smallest absolute Gasteiger partial charge is 0.267 e. The number of methoxy groups -OCH3 is 3. The molecule has 2 aromatic heterocycles. The summed E-state index contributed by atoms with van der Waals surface area (Å²) in [5, 5.41) is 9.36. The Morgan fingerprint density at radius 1 is 0.554 bits per heavy atom. The number of hydrogen-bond donors (Lipinski definition) is 4. The van der Waals surface area contributed by atoms with Crippen molar-refractivity contribution in [3.63, 3.8) is 0 Å². The van der Waals surface area contributed by atoms with Crippen LogP contribution in [0.1, 0.15) is 19.3 Å². The van der Waals surface area contributed by atoms with E-state index in [1.54, 1.807) is 83.6 Å². The summed E-state index contributed by atoms with van der Waals surface area (Å²) in [6.07, 6.45) is 0. The second-order valence-corrected chi connectivity index (χ2v) is 17.1. The summed E-state index contributed by atoms with van der Waals surface area (Å²) in [6, 6.07) is 26.6. The molecule has 13 nitrogen and oxygen atoms in total. The number of nitrogens with one attached hydrogen (secondary N) is 4. The lowest BCUT2D eigenvalue weighted by Gasteiger charge is -2.11. The maximum atomic E-state index is 12.6. The molecule has 0 saturated carbocycles. The fourth-order valence-electron chi connectivity index (χ4n) is 4.76. The Kier molecular flexibility index (Phi) is 13.9. The van der Waals surface area contributed by atoms with Crippen LogP contribution in [0.5, 0.6) is 17.2 Å². The molecule has 0 aliphatic carbocycles. The van der Waals surface area contributed by atoms with Gasteiger partial charge in [-0.2, -0.15) is 0 Å². The van der Waals surface area contributed by atoms with Crippen molar-refractivity contribution >= 4 is 100 Å². The van der Waals surface area contributed by atoms with E-state index in [1.807, 2.05) is 0 Å². The maximum Gasteiger partial charge on any atom is 0.267 e. The van der Waals surface area contributed by atoms with Gasteiger partial charge in [-0.3, -0.25) is 19.0 Å². The molecule has 6 rings (SSSR count). The molecule has 0 radical (unpaired) electrons. The third-order valence-corrected chi connectivity index (χ3v) is 12.7. The van der Waals surface area contributed by atoms with Crippen molar-refractivity contribution in [3.8, 4) is 17.2 Å². The predicted octanol–water partition coefficient (Wildman–Crippen LogP) is 8.93. The summed E-state index contributed by atoms with van der Waals surface area (Å²) >= 11 is 14.4. The molecule has 2 heterocycles. The zero-order valence-corrected chi connectivity index (χ0v) is 34.3. The van der Waals surface area contributed by atoms with Gasteiger partial charge < -0.3 is 24.8 Å². The number of benzene rings is 4. The summed E-state index contributed by atoms with van der Waals surface area (Å²) in [6.45, 7) is 0. The van der Waals surface area contributed by atoms with Crippen LogP contribution in [0.15, 0.2) is 124 Å². The maximum absolute atomic E-state index is 12.6. The van der Waals surface area contributed by atoms with Crippen molar-refractivity contribution in [2.75, 3.05) is 41.4 Å². The van der Waals surface area contributed by atoms with E-state index in [2.05, 4.69) is 20.1 Å². The van der Waals surface area contributed by atoms with E-state index in [4.69, 9.17) is 37.4 Å². The number of anilines is 4. The molecule has 0 aliphatic rings. The molecular formula is C37H32Cl2N4O9S4. The number of rotatable bonds is 13. The topological polar surface area (TPSA) is 178 Å². The molecule has 19 heteroatoms. The van der Waals surface area contributed by atoms with Crippen LogP contribution in [0.3, 0.4) is 0 Å². The number of hydrogen-bond acceptors (Lipinski definition) is 11. The monoisotopic (exact) mass is 874 g/mol. The minimum absolute atomic E-state index is 0.0535. The summed E-state index contributed by atoms with van der Waals surface area (Å²) in [5.41, 5.74) is 1.32. The number of halogens is 2. The highest BCUT2D eigenvalue weighted by molar-refractivity contribution is 7.93. The highest BCUT2D eigenvalue weighted by Crippen LogP contribution is 2.32. The first-order valence-corrected chi connectivity index (χ1v) is 21.4. The van der Waals surface area contributed by atoms with Gasteiger partial charge in [0.05, 0.1) is 52.5 Å². The number of carbonyl (C=O) groups is 2. The van der Waals surface area contributed by atoms with Gasteiger partial charge >= 0.3 is 0 Å². The third-order valence-electron chi connectivity index (χ3n) is 7.47. The number of thiophene rings is 2. The van der Waals surface area contributed by atoms with Crippen LogP contribution in [0.4, 0.5) is 22.7 Å². The standard InChI is InChI=1S/C19H17ClN2O5S2.C18H15ClN2O4S2/c1-26-13-4-6-14(7-5-13)29(24,25)22-16-9-10-28-18(16)19(23)21-12-3-8-17(27-2)15(20)11-12;1-25-16-8-7-12(11-14(16)19)20-18(22)17-15(9-10-26-17)21-27(23,24)13-5-3-2-4-6-13/h3-11,22H,1-2H3,(H,21,23);2-11,21H,1H3,(H,20,22). The SMILES string of the molecule is COc1ccc(NC(=O)c2sccc2NS(=O)(=O)c2ccccc2)cc1Cl.COc1ccc(S(=O)(=O)Nc2ccsc2C(=O)Nc2ccc(OC)c(Cl)c2)cc1. The quantitative estimate of drug-likeness (QED) is 0.0882. The van der Waals surface area contributed by atoms with Crippen LogP contribution in [-0.4, -0.2) is 50.0 Å². The highest BCUT2D eigenvalue weighted by Gasteiger charge is 2.22. The van der Waals surface area contributed by atoms with Gasteiger partial charge in [-0.25, -0.2) is 16.8 Å².